The van der Waals surface area contributed by atoms with E-state index in [1.807, 2.05) is 41.3 Å². The summed E-state index contributed by atoms with van der Waals surface area (Å²) in [7, 11) is 0. The Hall–Kier alpha value is -3.05. The number of carbonyl (C=O) groups excluding carboxylic acids is 1. The van der Waals surface area contributed by atoms with Crippen molar-refractivity contribution in [1.82, 2.24) is 9.80 Å². The van der Waals surface area contributed by atoms with E-state index in [9.17, 15) is 4.79 Å². The zero-order valence-corrected chi connectivity index (χ0v) is 17.4. The van der Waals surface area contributed by atoms with E-state index in [1.54, 1.807) is 6.07 Å². The van der Waals surface area contributed by atoms with Gasteiger partial charge in [0.25, 0.3) is 5.91 Å². The standard InChI is InChI=1S/C25H28N2O3/c1-20-8-10-21(11-9-20)18-26-14-5-15-27(17-16-26)25(28)24-13-12-23(30-24)19-29-22-6-3-2-4-7-22/h2-4,6-13H,5,14-19H2,1H3. The Morgan fingerprint density at radius 3 is 2.53 bits per heavy atom. The molecule has 1 fully saturated rings. The molecule has 0 spiro atoms. The van der Waals surface area contributed by atoms with E-state index in [2.05, 4.69) is 36.1 Å². The second kappa shape index (κ2) is 9.63. The maximum Gasteiger partial charge on any atom is 0.289 e. The number of benzene rings is 2. The first-order valence-electron chi connectivity index (χ1n) is 10.5. The van der Waals surface area contributed by atoms with Gasteiger partial charge in [0.1, 0.15) is 18.1 Å². The van der Waals surface area contributed by atoms with Gasteiger partial charge < -0.3 is 14.1 Å². The minimum absolute atomic E-state index is 0.0434. The molecule has 2 aromatic carbocycles. The third-order valence-corrected chi connectivity index (χ3v) is 5.40. The summed E-state index contributed by atoms with van der Waals surface area (Å²) >= 11 is 0. The highest BCUT2D eigenvalue weighted by Gasteiger charge is 2.22. The van der Waals surface area contributed by atoms with Gasteiger partial charge in [0.05, 0.1) is 0 Å². The van der Waals surface area contributed by atoms with E-state index < -0.39 is 0 Å². The van der Waals surface area contributed by atoms with Gasteiger partial charge in [-0.25, -0.2) is 0 Å². The van der Waals surface area contributed by atoms with Crippen molar-refractivity contribution >= 4 is 5.91 Å². The van der Waals surface area contributed by atoms with E-state index >= 15 is 0 Å². The van der Waals surface area contributed by atoms with Crippen LogP contribution in [0.1, 0.15) is 33.9 Å². The maximum atomic E-state index is 12.9. The second-order valence-electron chi connectivity index (χ2n) is 7.78. The van der Waals surface area contributed by atoms with Gasteiger partial charge >= 0.3 is 0 Å². The van der Waals surface area contributed by atoms with Crippen LogP contribution in [0.15, 0.2) is 71.1 Å². The molecule has 5 heteroatoms. The van der Waals surface area contributed by atoms with Crippen molar-refractivity contribution in [3.63, 3.8) is 0 Å². The van der Waals surface area contributed by atoms with Gasteiger partial charge in [-0.05, 0) is 43.2 Å². The van der Waals surface area contributed by atoms with Gasteiger partial charge in [0.15, 0.2) is 5.76 Å². The summed E-state index contributed by atoms with van der Waals surface area (Å²) in [6.45, 7) is 6.65. The first-order chi connectivity index (χ1) is 14.7. The maximum absolute atomic E-state index is 12.9. The summed E-state index contributed by atoms with van der Waals surface area (Å²) in [5.41, 5.74) is 2.59. The Balaban J connectivity index is 1.30. The Labute approximate surface area is 177 Å². The highest BCUT2D eigenvalue weighted by molar-refractivity contribution is 5.91. The quantitative estimate of drug-likeness (QED) is 0.606. The molecule has 0 N–H and O–H groups in total. The molecular formula is C25H28N2O3. The Morgan fingerprint density at radius 1 is 0.933 bits per heavy atom. The predicted molar refractivity (Wildman–Crippen MR) is 116 cm³/mol. The lowest BCUT2D eigenvalue weighted by Crippen LogP contribution is -2.34. The van der Waals surface area contributed by atoms with E-state index in [-0.39, 0.29) is 5.91 Å². The number of para-hydroxylation sites is 1. The zero-order chi connectivity index (χ0) is 20.8. The number of ether oxygens (including phenoxy) is 1. The largest absolute Gasteiger partial charge is 0.486 e. The van der Waals surface area contributed by atoms with Crippen LogP contribution in [0.2, 0.25) is 0 Å². The van der Waals surface area contributed by atoms with Gasteiger partial charge in [0, 0.05) is 32.7 Å². The molecule has 0 atom stereocenters. The fourth-order valence-corrected chi connectivity index (χ4v) is 3.68. The molecule has 3 aromatic rings. The van der Waals surface area contributed by atoms with Crippen LogP contribution in [0, 0.1) is 6.92 Å². The summed E-state index contributed by atoms with van der Waals surface area (Å²) in [5.74, 6) is 1.77. The fourth-order valence-electron chi connectivity index (χ4n) is 3.68. The van der Waals surface area contributed by atoms with Crippen LogP contribution in [0.25, 0.3) is 0 Å². The molecule has 30 heavy (non-hydrogen) atoms. The van der Waals surface area contributed by atoms with Gasteiger partial charge in [-0.3, -0.25) is 9.69 Å². The Morgan fingerprint density at radius 2 is 1.73 bits per heavy atom. The normalized spacial score (nSPS) is 15.0. The summed E-state index contributed by atoms with van der Waals surface area (Å²) in [6.07, 6.45) is 0.961. The van der Waals surface area contributed by atoms with E-state index in [1.165, 1.54) is 11.1 Å². The lowest BCUT2D eigenvalue weighted by Gasteiger charge is -2.21. The molecule has 1 aliphatic heterocycles. The molecular weight excluding hydrogens is 376 g/mol. The van der Waals surface area contributed by atoms with Crippen molar-refractivity contribution in [2.45, 2.75) is 26.5 Å². The molecule has 4 rings (SSSR count). The molecule has 0 bridgehead atoms. The minimum Gasteiger partial charge on any atom is -0.486 e. The number of carbonyl (C=O) groups is 1. The van der Waals surface area contributed by atoms with Crippen LogP contribution < -0.4 is 4.74 Å². The van der Waals surface area contributed by atoms with E-state index in [4.69, 9.17) is 9.15 Å². The average molecular weight is 405 g/mol. The SMILES string of the molecule is Cc1ccc(CN2CCCN(C(=O)c3ccc(COc4ccccc4)o3)CC2)cc1. The second-order valence-corrected chi connectivity index (χ2v) is 7.78. The molecule has 156 valence electrons. The summed E-state index contributed by atoms with van der Waals surface area (Å²) in [6, 6.07) is 21.8. The summed E-state index contributed by atoms with van der Waals surface area (Å²) in [4.78, 5) is 17.2. The van der Waals surface area contributed by atoms with E-state index in [0.717, 1.165) is 38.3 Å². The molecule has 0 aliphatic carbocycles. The third kappa shape index (κ3) is 5.30. The number of hydrogen-bond acceptors (Lipinski definition) is 4. The predicted octanol–water partition coefficient (Wildman–Crippen LogP) is 4.52. The van der Waals surface area contributed by atoms with Crippen LogP contribution in [0.4, 0.5) is 0 Å². The van der Waals surface area contributed by atoms with E-state index in [0.29, 0.717) is 24.7 Å². The summed E-state index contributed by atoms with van der Waals surface area (Å²) in [5, 5.41) is 0. The highest BCUT2D eigenvalue weighted by atomic mass is 16.5. The van der Waals surface area contributed by atoms with Crippen LogP contribution in [0.3, 0.4) is 0 Å². The molecule has 5 nitrogen and oxygen atoms in total. The Bertz CT molecular complexity index is 950. The number of hydrogen-bond donors (Lipinski definition) is 0. The zero-order valence-electron chi connectivity index (χ0n) is 17.4. The monoisotopic (exact) mass is 404 g/mol. The number of furan rings is 1. The van der Waals surface area contributed by atoms with Gasteiger partial charge in [-0.1, -0.05) is 48.0 Å². The number of aryl methyl sites for hydroxylation is 1. The lowest BCUT2D eigenvalue weighted by atomic mass is 10.1. The molecule has 0 radical (unpaired) electrons. The number of amides is 1. The topological polar surface area (TPSA) is 45.9 Å². The highest BCUT2D eigenvalue weighted by Crippen LogP contribution is 2.17. The number of rotatable bonds is 6. The molecule has 0 unspecified atom stereocenters. The summed E-state index contributed by atoms with van der Waals surface area (Å²) < 4.78 is 11.5. The number of nitrogens with zero attached hydrogens (tertiary/aromatic N) is 2. The minimum atomic E-state index is -0.0434. The van der Waals surface area contributed by atoms with Crippen LogP contribution in [-0.4, -0.2) is 41.9 Å². The molecule has 1 saturated heterocycles. The van der Waals surface area contributed by atoms with Crippen molar-refractivity contribution in [3.05, 3.63) is 89.4 Å². The van der Waals surface area contributed by atoms with Gasteiger partial charge in [-0.15, -0.1) is 0 Å². The first-order valence-corrected chi connectivity index (χ1v) is 10.5. The van der Waals surface area contributed by atoms with Gasteiger partial charge in [-0.2, -0.15) is 0 Å². The average Bonchev–Trinajstić information content (AvgIpc) is 3.13. The fraction of sp³-hybridized carbons (Fsp3) is 0.320. The first kappa shape index (κ1) is 20.2. The third-order valence-electron chi connectivity index (χ3n) is 5.40. The molecule has 2 heterocycles. The smallest absolute Gasteiger partial charge is 0.289 e. The van der Waals surface area contributed by atoms with Crippen molar-refractivity contribution in [2.24, 2.45) is 0 Å². The molecule has 1 amide bonds. The van der Waals surface area contributed by atoms with Crippen LogP contribution in [-0.2, 0) is 13.2 Å². The molecule has 0 saturated carbocycles. The van der Waals surface area contributed by atoms with Crippen molar-refractivity contribution in [3.8, 4) is 5.75 Å². The molecule has 1 aromatic heterocycles. The van der Waals surface area contributed by atoms with Crippen molar-refractivity contribution in [1.29, 1.82) is 0 Å². The van der Waals surface area contributed by atoms with Gasteiger partial charge in [0.2, 0.25) is 0 Å². The van der Waals surface area contributed by atoms with Crippen molar-refractivity contribution in [2.75, 3.05) is 26.2 Å². The van der Waals surface area contributed by atoms with Crippen LogP contribution in [0.5, 0.6) is 5.75 Å². The van der Waals surface area contributed by atoms with Crippen molar-refractivity contribution < 1.29 is 13.9 Å². The van der Waals surface area contributed by atoms with Crippen LogP contribution >= 0.6 is 0 Å². The molecule has 1 aliphatic rings. The lowest BCUT2D eigenvalue weighted by molar-refractivity contribution is 0.0725. The Kier molecular flexibility index (Phi) is 6.50.